The van der Waals surface area contributed by atoms with Gasteiger partial charge in [0, 0.05) is 4.88 Å². The summed E-state index contributed by atoms with van der Waals surface area (Å²) in [5, 5.41) is 11.4. The van der Waals surface area contributed by atoms with Crippen LogP contribution in [0.3, 0.4) is 0 Å². The first-order chi connectivity index (χ1) is 11.1. The third-order valence-electron chi connectivity index (χ3n) is 2.99. The summed E-state index contributed by atoms with van der Waals surface area (Å²) in [6.07, 6.45) is 5.88. The Labute approximate surface area is 138 Å². The zero-order valence-electron chi connectivity index (χ0n) is 12.6. The molecule has 0 atom stereocenters. The van der Waals surface area contributed by atoms with Crippen LogP contribution in [0, 0.1) is 0 Å². The van der Waals surface area contributed by atoms with Crippen molar-refractivity contribution in [3.8, 4) is 11.5 Å². The first kappa shape index (κ1) is 16.7. The monoisotopic (exact) mass is 328 g/mol. The van der Waals surface area contributed by atoms with Crippen LogP contribution in [-0.2, 0) is 9.59 Å². The van der Waals surface area contributed by atoms with Gasteiger partial charge in [-0.1, -0.05) is 18.2 Å². The Bertz CT molecular complexity index is 742. The van der Waals surface area contributed by atoms with E-state index in [0.29, 0.717) is 11.3 Å². The van der Waals surface area contributed by atoms with Gasteiger partial charge in [-0.2, -0.15) is 0 Å². The number of phenolic OH excluding ortho intramolecular Hbond substituents is 1. The SMILES string of the molecule is COc1cc(C=CC(=O)CC(=O)C=Cc2cccs2)ccc1O. The number of rotatable bonds is 7. The molecule has 23 heavy (non-hydrogen) atoms. The number of hydrogen-bond donors (Lipinski definition) is 1. The van der Waals surface area contributed by atoms with Crippen LogP contribution in [-0.4, -0.2) is 23.8 Å². The number of methoxy groups -OCH3 is 1. The largest absolute Gasteiger partial charge is 0.504 e. The fraction of sp³-hybridized carbons (Fsp3) is 0.111. The van der Waals surface area contributed by atoms with Gasteiger partial charge in [0.1, 0.15) is 0 Å². The Morgan fingerprint density at radius 1 is 1.17 bits per heavy atom. The summed E-state index contributed by atoms with van der Waals surface area (Å²) in [7, 11) is 1.45. The maximum atomic E-state index is 11.8. The van der Waals surface area contributed by atoms with Crippen molar-refractivity contribution in [2.24, 2.45) is 0 Å². The molecule has 0 aliphatic rings. The number of aromatic hydroxyl groups is 1. The molecule has 0 saturated carbocycles. The number of allylic oxidation sites excluding steroid dienone is 2. The maximum Gasteiger partial charge on any atom is 0.163 e. The molecule has 4 nitrogen and oxygen atoms in total. The van der Waals surface area contributed by atoms with Crippen LogP contribution >= 0.6 is 11.3 Å². The van der Waals surface area contributed by atoms with E-state index in [-0.39, 0.29) is 23.7 Å². The molecular formula is C18H16O4S. The molecule has 1 aromatic carbocycles. The lowest BCUT2D eigenvalue weighted by atomic mass is 10.1. The van der Waals surface area contributed by atoms with Gasteiger partial charge < -0.3 is 9.84 Å². The molecule has 5 heteroatoms. The van der Waals surface area contributed by atoms with E-state index < -0.39 is 0 Å². The number of ketones is 2. The van der Waals surface area contributed by atoms with Crippen LogP contribution in [0.1, 0.15) is 16.9 Å². The number of hydrogen-bond acceptors (Lipinski definition) is 5. The van der Waals surface area contributed by atoms with Crippen LogP contribution in [0.4, 0.5) is 0 Å². The van der Waals surface area contributed by atoms with Gasteiger partial charge in [0.05, 0.1) is 13.5 Å². The molecule has 0 saturated heterocycles. The molecule has 0 spiro atoms. The quantitative estimate of drug-likeness (QED) is 0.621. The van der Waals surface area contributed by atoms with Gasteiger partial charge in [-0.3, -0.25) is 9.59 Å². The van der Waals surface area contributed by atoms with E-state index in [0.717, 1.165) is 4.88 Å². The Hall–Kier alpha value is -2.66. The van der Waals surface area contributed by atoms with Crippen molar-refractivity contribution in [2.45, 2.75) is 6.42 Å². The molecule has 0 radical (unpaired) electrons. The molecule has 1 heterocycles. The first-order valence-electron chi connectivity index (χ1n) is 6.91. The summed E-state index contributed by atoms with van der Waals surface area (Å²) in [4.78, 5) is 24.5. The van der Waals surface area contributed by atoms with Crippen LogP contribution < -0.4 is 4.74 Å². The summed E-state index contributed by atoms with van der Waals surface area (Å²) in [5.41, 5.74) is 0.703. The van der Waals surface area contributed by atoms with Crippen LogP contribution in [0.2, 0.25) is 0 Å². The second-order valence-electron chi connectivity index (χ2n) is 4.72. The number of phenols is 1. The second kappa shape index (κ2) is 8.10. The van der Waals surface area contributed by atoms with Crippen LogP contribution in [0.15, 0.2) is 47.9 Å². The molecule has 0 aliphatic heterocycles. The van der Waals surface area contributed by atoms with Gasteiger partial charge in [-0.15, -0.1) is 11.3 Å². The summed E-state index contributed by atoms with van der Waals surface area (Å²) in [5.74, 6) is -0.159. The van der Waals surface area contributed by atoms with Gasteiger partial charge in [0.2, 0.25) is 0 Å². The van der Waals surface area contributed by atoms with E-state index in [2.05, 4.69) is 0 Å². The van der Waals surface area contributed by atoms with Crippen molar-refractivity contribution < 1.29 is 19.4 Å². The van der Waals surface area contributed by atoms with Crippen LogP contribution in [0.5, 0.6) is 11.5 Å². The molecule has 2 aromatic rings. The van der Waals surface area contributed by atoms with Crippen molar-refractivity contribution in [3.05, 3.63) is 58.3 Å². The highest BCUT2D eigenvalue weighted by molar-refractivity contribution is 7.10. The van der Waals surface area contributed by atoms with Crippen LogP contribution in [0.25, 0.3) is 12.2 Å². The van der Waals surface area contributed by atoms with E-state index in [1.54, 1.807) is 24.3 Å². The zero-order valence-corrected chi connectivity index (χ0v) is 13.4. The minimum atomic E-state index is -0.280. The fourth-order valence-electron chi connectivity index (χ4n) is 1.84. The smallest absolute Gasteiger partial charge is 0.163 e. The molecule has 0 amide bonds. The summed E-state index contributed by atoms with van der Waals surface area (Å²) in [6, 6.07) is 8.54. The highest BCUT2D eigenvalue weighted by atomic mass is 32.1. The molecule has 0 bridgehead atoms. The summed E-state index contributed by atoms with van der Waals surface area (Å²) >= 11 is 1.53. The van der Waals surface area contributed by atoms with E-state index in [1.165, 1.54) is 36.7 Å². The molecular weight excluding hydrogens is 312 g/mol. The molecule has 0 fully saturated rings. The van der Waals surface area contributed by atoms with Crippen molar-refractivity contribution in [2.75, 3.05) is 7.11 Å². The average Bonchev–Trinajstić information content (AvgIpc) is 3.05. The minimum Gasteiger partial charge on any atom is -0.504 e. The number of thiophene rings is 1. The third kappa shape index (κ3) is 5.23. The molecule has 118 valence electrons. The van der Waals surface area contributed by atoms with E-state index in [9.17, 15) is 14.7 Å². The van der Waals surface area contributed by atoms with Gasteiger partial charge in [0.15, 0.2) is 23.1 Å². The maximum absolute atomic E-state index is 11.8. The van der Waals surface area contributed by atoms with Gasteiger partial charge in [-0.05, 0) is 47.4 Å². The Morgan fingerprint density at radius 3 is 2.57 bits per heavy atom. The lowest BCUT2D eigenvalue weighted by Crippen LogP contribution is -2.01. The van der Waals surface area contributed by atoms with Gasteiger partial charge >= 0.3 is 0 Å². The third-order valence-corrected chi connectivity index (χ3v) is 3.83. The fourth-order valence-corrected chi connectivity index (χ4v) is 2.46. The Morgan fingerprint density at radius 2 is 1.91 bits per heavy atom. The zero-order chi connectivity index (χ0) is 16.7. The minimum absolute atomic E-state index is 0.0323. The number of carbonyl (C=O) groups is 2. The molecule has 0 unspecified atom stereocenters. The highest BCUT2D eigenvalue weighted by Gasteiger charge is 2.05. The Kier molecular flexibility index (Phi) is 5.88. The normalized spacial score (nSPS) is 11.2. The second-order valence-corrected chi connectivity index (χ2v) is 5.70. The highest BCUT2D eigenvalue weighted by Crippen LogP contribution is 2.26. The summed E-state index contributed by atoms with van der Waals surface area (Å²) in [6.45, 7) is 0. The van der Waals surface area contributed by atoms with E-state index in [1.807, 2.05) is 17.5 Å². The topological polar surface area (TPSA) is 63.6 Å². The van der Waals surface area contributed by atoms with Crippen molar-refractivity contribution in [1.29, 1.82) is 0 Å². The number of carbonyl (C=O) groups excluding carboxylic acids is 2. The Balaban J connectivity index is 1.92. The standard InChI is InChI=1S/C18H16O4S/c1-22-18-11-13(5-9-17(18)21)4-6-14(19)12-15(20)7-8-16-3-2-10-23-16/h2-11,21H,12H2,1H3. The van der Waals surface area contributed by atoms with Crippen molar-refractivity contribution in [1.82, 2.24) is 0 Å². The average molecular weight is 328 g/mol. The molecule has 1 aromatic heterocycles. The predicted octanol–water partition coefficient (Wildman–Crippen LogP) is 3.72. The van der Waals surface area contributed by atoms with E-state index >= 15 is 0 Å². The van der Waals surface area contributed by atoms with Crippen molar-refractivity contribution in [3.63, 3.8) is 0 Å². The molecule has 0 aliphatic carbocycles. The lowest BCUT2D eigenvalue weighted by Gasteiger charge is -2.03. The molecule has 1 N–H and O–H groups in total. The predicted molar refractivity (Wildman–Crippen MR) is 91.7 cm³/mol. The first-order valence-corrected chi connectivity index (χ1v) is 7.79. The van der Waals surface area contributed by atoms with Gasteiger partial charge in [-0.25, -0.2) is 0 Å². The number of ether oxygens (including phenoxy) is 1. The lowest BCUT2D eigenvalue weighted by molar-refractivity contribution is -0.121. The molecule has 2 rings (SSSR count). The van der Waals surface area contributed by atoms with Crippen molar-refractivity contribution >= 4 is 35.1 Å². The van der Waals surface area contributed by atoms with E-state index in [4.69, 9.17) is 4.74 Å². The summed E-state index contributed by atoms with van der Waals surface area (Å²) < 4.78 is 4.99. The number of benzene rings is 1. The van der Waals surface area contributed by atoms with Gasteiger partial charge in [0.25, 0.3) is 0 Å².